The summed E-state index contributed by atoms with van der Waals surface area (Å²) in [6.07, 6.45) is 0. The number of rotatable bonds is 4. The Kier molecular flexibility index (Phi) is 5.28. The highest BCUT2D eigenvalue weighted by molar-refractivity contribution is 9.10. The number of carbonyl (C=O) groups excluding carboxylic acids is 2. The van der Waals surface area contributed by atoms with Crippen LogP contribution in [0.3, 0.4) is 0 Å². The van der Waals surface area contributed by atoms with E-state index < -0.39 is 17.3 Å². The molecule has 1 unspecified atom stereocenters. The van der Waals surface area contributed by atoms with E-state index in [1.54, 1.807) is 12.1 Å². The quantitative estimate of drug-likeness (QED) is 0.515. The molecule has 1 atom stereocenters. The lowest BCUT2D eigenvalue weighted by Gasteiger charge is -2.40. The average molecular weight is 516 g/mol. The highest BCUT2D eigenvalue weighted by Gasteiger charge is 2.48. The molecule has 32 heavy (non-hydrogen) atoms. The van der Waals surface area contributed by atoms with Gasteiger partial charge in [-0.05, 0) is 35.9 Å². The van der Waals surface area contributed by atoms with Crippen molar-refractivity contribution in [2.24, 2.45) is 0 Å². The summed E-state index contributed by atoms with van der Waals surface area (Å²) < 4.78 is 20.0. The van der Waals surface area contributed by atoms with Gasteiger partial charge in [0.2, 0.25) is 5.91 Å². The minimum absolute atomic E-state index is 0.237. The summed E-state index contributed by atoms with van der Waals surface area (Å²) in [4.78, 5) is 26.2. The zero-order valence-electron chi connectivity index (χ0n) is 16.6. The predicted molar refractivity (Wildman–Crippen MR) is 122 cm³/mol. The van der Waals surface area contributed by atoms with Crippen LogP contribution in [-0.4, -0.2) is 25.0 Å². The SMILES string of the molecule is O=C1NC(c2cc(F)ccc2Cl)c2c(NC(=O)C3(c4ccccc4)COC3)cc(Br)cc21. The number of nitrogens with one attached hydrogen (secondary N) is 2. The van der Waals surface area contributed by atoms with Gasteiger partial charge in [0.25, 0.3) is 5.91 Å². The molecule has 2 aliphatic heterocycles. The Hall–Kier alpha value is -2.74. The molecule has 2 heterocycles. The third-order valence-corrected chi connectivity index (χ3v) is 6.73. The Bertz CT molecular complexity index is 1250. The van der Waals surface area contributed by atoms with Gasteiger partial charge in [0, 0.05) is 31.9 Å². The number of hydrogen-bond donors (Lipinski definition) is 2. The molecule has 2 aliphatic rings. The largest absolute Gasteiger partial charge is 0.378 e. The maximum absolute atomic E-state index is 14.0. The van der Waals surface area contributed by atoms with E-state index in [9.17, 15) is 14.0 Å². The van der Waals surface area contributed by atoms with Crippen molar-refractivity contribution in [1.82, 2.24) is 5.32 Å². The van der Waals surface area contributed by atoms with E-state index in [1.807, 2.05) is 30.3 Å². The minimum atomic E-state index is -0.821. The molecule has 2 N–H and O–H groups in total. The van der Waals surface area contributed by atoms with Crippen molar-refractivity contribution in [3.8, 4) is 0 Å². The third kappa shape index (κ3) is 3.41. The summed E-state index contributed by atoms with van der Waals surface area (Å²) in [6.45, 7) is 0.519. The summed E-state index contributed by atoms with van der Waals surface area (Å²) in [7, 11) is 0. The van der Waals surface area contributed by atoms with Gasteiger partial charge in [-0.25, -0.2) is 4.39 Å². The molecule has 3 aromatic carbocycles. The molecule has 0 aromatic heterocycles. The van der Waals surface area contributed by atoms with E-state index in [4.69, 9.17) is 16.3 Å². The number of carbonyl (C=O) groups is 2. The first kappa shape index (κ1) is 21.1. The second kappa shape index (κ2) is 7.99. The zero-order valence-corrected chi connectivity index (χ0v) is 19.0. The normalized spacial score (nSPS) is 18.5. The van der Waals surface area contributed by atoms with Crippen LogP contribution >= 0.6 is 27.5 Å². The molecule has 0 spiro atoms. The lowest BCUT2D eigenvalue weighted by Crippen LogP contribution is -2.55. The van der Waals surface area contributed by atoms with Crippen LogP contribution in [0, 0.1) is 5.82 Å². The Balaban J connectivity index is 1.58. The monoisotopic (exact) mass is 514 g/mol. The molecular formula is C24H17BrClFN2O3. The maximum atomic E-state index is 14.0. The van der Waals surface area contributed by atoms with Crippen molar-refractivity contribution in [2.75, 3.05) is 18.5 Å². The average Bonchev–Trinajstić information content (AvgIpc) is 3.06. The van der Waals surface area contributed by atoms with Crippen LogP contribution < -0.4 is 10.6 Å². The van der Waals surface area contributed by atoms with Crippen LogP contribution in [0.25, 0.3) is 0 Å². The van der Waals surface area contributed by atoms with Gasteiger partial charge >= 0.3 is 0 Å². The van der Waals surface area contributed by atoms with Crippen LogP contribution in [0.15, 0.2) is 65.1 Å². The smallest absolute Gasteiger partial charge is 0.252 e. The van der Waals surface area contributed by atoms with E-state index in [2.05, 4.69) is 26.6 Å². The molecule has 162 valence electrons. The standard InChI is InChI=1S/C24H17BrClFN2O3/c25-14-8-17-20(21(29-22(17)30)16-10-15(27)6-7-18(16)26)19(9-14)28-23(31)24(11-32-12-24)13-4-2-1-3-5-13/h1-10,21H,11-12H2,(H,28,31)(H,29,30). The summed E-state index contributed by atoms with van der Waals surface area (Å²) in [5.74, 6) is -1.03. The van der Waals surface area contributed by atoms with Crippen LogP contribution in [0.4, 0.5) is 10.1 Å². The molecule has 5 nitrogen and oxygen atoms in total. The van der Waals surface area contributed by atoms with E-state index >= 15 is 0 Å². The van der Waals surface area contributed by atoms with Crippen molar-refractivity contribution in [3.05, 3.63) is 98.2 Å². The van der Waals surface area contributed by atoms with Crippen molar-refractivity contribution in [1.29, 1.82) is 0 Å². The van der Waals surface area contributed by atoms with Gasteiger partial charge in [-0.2, -0.15) is 0 Å². The second-order valence-corrected chi connectivity index (χ2v) is 9.20. The molecule has 0 aliphatic carbocycles. The van der Waals surface area contributed by atoms with Crippen LogP contribution in [0.1, 0.15) is 33.1 Å². The lowest BCUT2D eigenvalue weighted by atomic mass is 9.77. The molecular weight excluding hydrogens is 499 g/mol. The summed E-state index contributed by atoms with van der Waals surface area (Å²) in [6, 6.07) is 16.1. The maximum Gasteiger partial charge on any atom is 0.252 e. The number of halogens is 3. The zero-order chi connectivity index (χ0) is 22.5. The second-order valence-electron chi connectivity index (χ2n) is 7.88. The fraction of sp³-hybridized carbons (Fsp3) is 0.167. The van der Waals surface area contributed by atoms with E-state index in [0.717, 1.165) is 5.56 Å². The number of hydrogen-bond acceptors (Lipinski definition) is 3. The van der Waals surface area contributed by atoms with E-state index in [-0.39, 0.29) is 25.0 Å². The predicted octanol–water partition coefficient (Wildman–Crippen LogP) is 4.98. The van der Waals surface area contributed by atoms with Gasteiger partial charge in [-0.3, -0.25) is 9.59 Å². The first-order valence-corrected chi connectivity index (χ1v) is 11.1. The van der Waals surface area contributed by atoms with Crippen LogP contribution in [0.5, 0.6) is 0 Å². The van der Waals surface area contributed by atoms with Gasteiger partial charge < -0.3 is 15.4 Å². The Labute approximate surface area is 197 Å². The molecule has 0 bridgehead atoms. The van der Waals surface area contributed by atoms with Crippen molar-refractivity contribution < 1.29 is 18.7 Å². The summed E-state index contributed by atoms with van der Waals surface area (Å²) in [5.41, 5.74) is 1.83. The number of ether oxygens (including phenoxy) is 1. The fourth-order valence-electron chi connectivity index (χ4n) is 4.20. The first-order chi connectivity index (χ1) is 15.4. The van der Waals surface area contributed by atoms with Crippen LogP contribution in [0.2, 0.25) is 5.02 Å². The summed E-state index contributed by atoms with van der Waals surface area (Å²) in [5, 5.41) is 6.17. The molecule has 3 aromatic rings. The molecule has 5 rings (SSSR count). The van der Waals surface area contributed by atoms with E-state index in [0.29, 0.717) is 31.9 Å². The highest BCUT2D eigenvalue weighted by atomic mass is 79.9. The fourth-order valence-corrected chi connectivity index (χ4v) is 4.89. The summed E-state index contributed by atoms with van der Waals surface area (Å²) >= 11 is 9.75. The van der Waals surface area contributed by atoms with E-state index in [1.165, 1.54) is 18.2 Å². The highest BCUT2D eigenvalue weighted by Crippen LogP contribution is 2.42. The Morgan fingerprint density at radius 3 is 2.59 bits per heavy atom. The molecule has 0 saturated carbocycles. The Morgan fingerprint density at radius 2 is 1.91 bits per heavy atom. The minimum Gasteiger partial charge on any atom is -0.378 e. The number of fused-ring (bicyclic) bond motifs is 1. The molecule has 1 fully saturated rings. The number of amides is 2. The molecule has 0 radical (unpaired) electrons. The van der Waals surface area contributed by atoms with Gasteiger partial charge in [0.1, 0.15) is 11.2 Å². The van der Waals surface area contributed by atoms with Gasteiger partial charge in [0.05, 0.1) is 19.3 Å². The van der Waals surface area contributed by atoms with Gasteiger partial charge in [-0.1, -0.05) is 57.9 Å². The molecule has 2 amide bonds. The topological polar surface area (TPSA) is 67.4 Å². The third-order valence-electron chi connectivity index (χ3n) is 5.93. The number of benzene rings is 3. The lowest BCUT2D eigenvalue weighted by molar-refractivity contribution is -0.139. The molecule has 1 saturated heterocycles. The first-order valence-electron chi connectivity index (χ1n) is 9.93. The molecule has 8 heteroatoms. The van der Waals surface area contributed by atoms with Crippen molar-refractivity contribution in [3.63, 3.8) is 0 Å². The Morgan fingerprint density at radius 1 is 1.16 bits per heavy atom. The van der Waals surface area contributed by atoms with Crippen molar-refractivity contribution >= 4 is 45.0 Å². The number of anilines is 1. The van der Waals surface area contributed by atoms with Crippen molar-refractivity contribution in [2.45, 2.75) is 11.5 Å². The van der Waals surface area contributed by atoms with Gasteiger partial charge in [-0.15, -0.1) is 0 Å². The van der Waals surface area contributed by atoms with Crippen LogP contribution in [-0.2, 0) is 14.9 Å². The van der Waals surface area contributed by atoms with Gasteiger partial charge in [0.15, 0.2) is 0 Å².